The molecule has 0 unspecified atom stereocenters. The summed E-state index contributed by atoms with van der Waals surface area (Å²) in [6.07, 6.45) is 2.85. The Morgan fingerprint density at radius 1 is 1.06 bits per heavy atom. The van der Waals surface area contributed by atoms with Gasteiger partial charge in [0.1, 0.15) is 0 Å². The molecule has 0 saturated heterocycles. The van der Waals surface area contributed by atoms with Crippen molar-refractivity contribution in [2.45, 2.75) is 40.2 Å². The monoisotopic (exact) mass is 243 g/mol. The van der Waals surface area contributed by atoms with E-state index < -0.39 is 0 Å². The van der Waals surface area contributed by atoms with Gasteiger partial charge in [0, 0.05) is 13.1 Å². The Labute approximate surface area is 111 Å². The summed E-state index contributed by atoms with van der Waals surface area (Å²) in [6.45, 7) is 9.53. The fourth-order valence-electron chi connectivity index (χ4n) is 4.06. The molecule has 0 aliphatic heterocycles. The topological polar surface area (TPSA) is 12.0 Å². The fraction of sp³-hybridized carbons (Fsp3) is 0.647. The summed E-state index contributed by atoms with van der Waals surface area (Å²) >= 11 is 0. The molecule has 0 aromatic heterocycles. The van der Waals surface area contributed by atoms with Crippen molar-refractivity contribution >= 4 is 0 Å². The van der Waals surface area contributed by atoms with Crippen LogP contribution in [0.3, 0.4) is 0 Å². The molecule has 1 N–H and O–H groups in total. The molecule has 1 heteroatoms. The third-order valence-corrected chi connectivity index (χ3v) is 5.44. The average Bonchev–Trinajstić information content (AvgIpc) is 2.71. The number of benzene rings is 1. The zero-order valence-electron chi connectivity index (χ0n) is 11.9. The van der Waals surface area contributed by atoms with E-state index in [-0.39, 0.29) is 0 Å². The van der Waals surface area contributed by atoms with Crippen LogP contribution in [0.2, 0.25) is 0 Å². The maximum Gasteiger partial charge on any atom is 0.0205 e. The van der Waals surface area contributed by atoms with Crippen LogP contribution >= 0.6 is 0 Å². The lowest BCUT2D eigenvalue weighted by atomic mass is 9.80. The van der Waals surface area contributed by atoms with Crippen LogP contribution in [0.5, 0.6) is 0 Å². The van der Waals surface area contributed by atoms with Crippen LogP contribution in [0.4, 0.5) is 0 Å². The van der Waals surface area contributed by atoms with E-state index in [4.69, 9.17) is 0 Å². The molecule has 18 heavy (non-hydrogen) atoms. The van der Waals surface area contributed by atoms with Gasteiger partial charge in [0.25, 0.3) is 0 Å². The molecule has 2 aliphatic rings. The maximum atomic E-state index is 3.65. The lowest BCUT2D eigenvalue weighted by Gasteiger charge is -2.29. The van der Waals surface area contributed by atoms with E-state index in [1.807, 2.05) is 0 Å². The van der Waals surface area contributed by atoms with Crippen molar-refractivity contribution < 1.29 is 0 Å². The van der Waals surface area contributed by atoms with Crippen molar-refractivity contribution in [2.75, 3.05) is 6.54 Å². The minimum absolute atomic E-state index is 0.541. The van der Waals surface area contributed by atoms with E-state index in [0.717, 1.165) is 18.4 Å². The molecule has 3 rings (SSSR count). The van der Waals surface area contributed by atoms with Crippen LogP contribution in [0.1, 0.15) is 39.2 Å². The number of rotatable bonds is 4. The van der Waals surface area contributed by atoms with E-state index in [9.17, 15) is 0 Å². The molecular formula is C17H25N. The second kappa shape index (κ2) is 4.09. The SMILES string of the molecule is CC1(C)[C@@H]2C[C@](C)(CNCc3ccccc3)C[C@@H]21. The highest BCUT2D eigenvalue weighted by molar-refractivity contribution is 5.15. The average molecular weight is 243 g/mol. The van der Waals surface area contributed by atoms with Crippen molar-refractivity contribution in [3.8, 4) is 0 Å². The second-order valence-electron chi connectivity index (χ2n) is 7.34. The van der Waals surface area contributed by atoms with Crippen LogP contribution < -0.4 is 5.32 Å². The molecular weight excluding hydrogens is 218 g/mol. The molecule has 0 radical (unpaired) electrons. The van der Waals surface area contributed by atoms with Crippen LogP contribution in [0.25, 0.3) is 0 Å². The Morgan fingerprint density at radius 2 is 1.67 bits per heavy atom. The minimum atomic E-state index is 0.541. The Hall–Kier alpha value is -0.820. The van der Waals surface area contributed by atoms with Crippen LogP contribution in [0, 0.1) is 22.7 Å². The van der Waals surface area contributed by atoms with Crippen LogP contribution in [-0.2, 0) is 6.54 Å². The summed E-state index contributed by atoms with van der Waals surface area (Å²) in [5, 5.41) is 3.65. The van der Waals surface area contributed by atoms with E-state index in [1.54, 1.807) is 0 Å². The summed E-state index contributed by atoms with van der Waals surface area (Å²) in [6, 6.07) is 10.7. The predicted molar refractivity (Wildman–Crippen MR) is 76.3 cm³/mol. The molecule has 1 aromatic rings. The first kappa shape index (κ1) is 12.2. The standard InChI is InChI=1S/C17H25N/c1-16(2)14-9-17(3,10-15(14)16)12-18-11-13-7-5-4-6-8-13/h4-8,14-15,18H,9-12H2,1-3H3/t14-,15+,17+. The molecule has 98 valence electrons. The van der Waals surface area contributed by atoms with E-state index >= 15 is 0 Å². The molecule has 1 aromatic carbocycles. The first-order chi connectivity index (χ1) is 8.51. The number of hydrogen-bond acceptors (Lipinski definition) is 1. The van der Waals surface area contributed by atoms with E-state index in [2.05, 4.69) is 56.4 Å². The molecule has 3 atom stereocenters. The maximum absolute atomic E-state index is 3.65. The second-order valence-corrected chi connectivity index (χ2v) is 7.34. The molecule has 0 amide bonds. The van der Waals surface area contributed by atoms with Gasteiger partial charge in [-0.05, 0) is 41.1 Å². The third-order valence-electron chi connectivity index (χ3n) is 5.44. The Bertz CT molecular complexity index is 406. The molecule has 0 spiro atoms. The Morgan fingerprint density at radius 3 is 2.28 bits per heavy atom. The number of nitrogens with one attached hydrogen (secondary N) is 1. The van der Waals surface area contributed by atoms with Gasteiger partial charge in [0.05, 0.1) is 0 Å². The first-order valence-electron chi connectivity index (χ1n) is 7.26. The van der Waals surface area contributed by atoms with Gasteiger partial charge in [-0.2, -0.15) is 0 Å². The summed E-state index contributed by atoms with van der Waals surface area (Å²) < 4.78 is 0. The van der Waals surface area contributed by atoms with Crippen molar-refractivity contribution in [3.63, 3.8) is 0 Å². The lowest BCUT2D eigenvalue weighted by molar-refractivity contribution is 0.239. The van der Waals surface area contributed by atoms with Crippen molar-refractivity contribution in [1.82, 2.24) is 5.32 Å². The summed E-state index contributed by atoms with van der Waals surface area (Å²) in [5.41, 5.74) is 2.59. The van der Waals surface area contributed by atoms with Crippen molar-refractivity contribution in [2.24, 2.45) is 22.7 Å². The summed E-state index contributed by atoms with van der Waals surface area (Å²) in [5.74, 6) is 2.00. The third kappa shape index (κ3) is 2.09. The smallest absolute Gasteiger partial charge is 0.0205 e. The van der Waals surface area contributed by atoms with Crippen LogP contribution in [-0.4, -0.2) is 6.54 Å². The van der Waals surface area contributed by atoms with Gasteiger partial charge < -0.3 is 5.32 Å². The summed E-state index contributed by atoms with van der Waals surface area (Å²) in [4.78, 5) is 0. The molecule has 2 aliphatic carbocycles. The Kier molecular flexibility index (Phi) is 2.78. The first-order valence-corrected chi connectivity index (χ1v) is 7.26. The minimum Gasteiger partial charge on any atom is -0.312 e. The van der Waals surface area contributed by atoms with Gasteiger partial charge in [0.15, 0.2) is 0 Å². The van der Waals surface area contributed by atoms with E-state index in [0.29, 0.717) is 10.8 Å². The number of fused-ring (bicyclic) bond motifs is 1. The molecule has 0 heterocycles. The predicted octanol–water partition coefficient (Wildman–Crippen LogP) is 3.85. The zero-order chi connectivity index (χ0) is 12.8. The van der Waals surface area contributed by atoms with Crippen molar-refractivity contribution in [3.05, 3.63) is 35.9 Å². The van der Waals surface area contributed by atoms with Gasteiger partial charge in [-0.1, -0.05) is 51.1 Å². The highest BCUT2D eigenvalue weighted by Gasteiger charge is 2.64. The fourth-order valence-corrected chi connectivity index (χ4v) is 4.06. The zero-order valence-corrected chi connectivity index (χ0v) is 11.9. The quantitative estimate of drug-likeness (QED) is 0.847. The lowest BCUT2D eigenvalue weighted by Crippen LogP contribution is -2.31. The van der Waals surface area contributed by atoms with Gasteiger partial charge in [-0.25, -0.2) is 0 Å². The Balaban J connectivity index is 1.48. The van der Waals surface area contributed by atoms with Gasteiger partial charge in [-0.15, -0.1) is 0 Å². The normalized spacial score (nSPS) is 36.4. The van der Waals surface area contributed by atoms with Gasteiger partial charge in [-0.3, -0.25) is 0 Å². The molecule has 1 nitrogen and oxygen atoms in total. The summed E-state index contributed by atoms with van der Waals surface area (Å²) in [7, 11) is 0. The molecule has 0 bridgehead atoms. The van der Waals surface area contributed by atoms with Crippen molar-refractivity contribution in [1.29, 1.82) is 0 Å². The number of hydrogen-bond donors (Lipinski definition) is 1. The van der Waals surface area contributed by atoms with E-state index in [1.165, 1.54) is 24.9 Å². The largest absolute Gasteiger partial charge is 0.312 e. The molecule has 2 fully saturated rings. The molecule has 2 saturated carbocycles. The van der Waals surface area contributed by atoms with Gasteiger partial charge in [0.2, 0.25) is 0 Å². The highest BCUT2D eigenvalue weighted by Crippen LogP contribution is 2.71. The highest BCUT2D eigenvalue weighted by atomic mass is 14.9. The van der Waals surface area contributed by atoms with Gasteiger partial charge >= 0.3 is 0 Å². The van der Waals surface area contributed by atoms with Crippen LogP contribution in [0.15, 0.2) is 30.3 Å².